The Kier molecular flexibility index (Phi) is 4.77. The normalized spacial score (nSPS) is 14.8. The molecule has 0 aliphatic rings. The molecule has 1 atom stereocenters. The van der Waals surface area contributed by atoms with Gasteiger partial charge < -0.3 is 5.11 Å². The minimum absolute atomic E-state index is 0.138. The highest BCUT2D eigenvalue weighted by Crippen LogP contribution is 2.22. The van der Waals surface area contributed by atoms with Crippen molar-refractivity contribution in [3.8, 4) is 0 Å². The van der Waals surface area contributed by atoms with Crippen molar-refractivity contribution in [1.82, 2.24) is 4.72 Å². The molecule has 0 bridgehead atoms. The lowest BCUT2D eigenvalue weighted by Crippen LogP contribution is -2.38. The van der Waals surface area contributed by atoms with Crippen molar-refractivity contribution in [3.05, 3.63) is 58.0 Å². The van der Waals surface area contributed by atoms with Crippen LogP contribution in [0.15, 0.2) is 41.1 Å². The van der Waals surface area contributed by atoms with Crippen molar-refractivity contribution in [2.75, 3.05) is 6.54 Å². The Morgan fingerprint density at radius 2 is 2.14 bits per heavy atom. The molecule has 0 aliphatic carbocycles. The first-order valence-electron chi connectivity index (χ1n) is 6.25. The maximum Gasteiger partial charge on any atom is 0.215 e. The number of sulfonamides is 1. The summed E-state index contributed by atoms with van der Waals surface area (Å²) < 4.78 is 39.4. The Morgan fingerprint density at radius 3 is 2.76 bits per heavy atom. The van der Waals surface area contributed by atoms with Crippen LogP contribution in [-0.4, -0.2) is 20.1 Å². The molecule has 4 nitrogen and oxygen atoms in total. The quantitative estimate of drug-likeness (QED) is 0.854. The molecule has 1 unspecified atom stereocenters. The Bertz CT molecular complexity index is 697. The molecule has 0 aliphatic heterocycles. The molecule has 0 radical (unpaired) electrons. The predicted molar refractivity (Wildman–Crippen MR) is 80.9 cm³/mol. The maximum absolute atomic E-state index is 13.0. The summed E-state index contributed by atoms with van der Waals surface area (Å²) in [6.45, 7) is 1.40. The van der Waals surface area contributed by atoms with Gasteiger partial charge in [0.25, 0.3) is 0 Å². The first-order valence-corrected chi connectivity index (χ1v) is 8.85. The minimum atomic E-state index is -3.65. The summed E-state index contributed by atoms with van der Waals surface area (Å²) in [6.07, 6.45) is 0. The lowest BCUT2D eigenvalue weighted by Gasteiger charge is -2.22. The summed E-state index contributed by atoms with van der Waals surface area (Å²) in [5, 5.41) is 13.8. The van der Waals surface area contributed by atoms with Gasteiger partial charge in [-0.1, -0.05) is 12.1 Å². The van der Waals surface area contributed by atoms with Crippen LogP contribution in [0.25, 0.3) is 0 Å². The van der Waals surface area contributed by atoms with Gasteiger partial charge in [0, 0.05) is 6.54 Å². The number of halogens is 1. The number of benzene rings is 1. The number of hydrogen-bond donors (Lipinski definition) is 2. The molecular formula is C14H16FNO3S2. The van der Waals surface area contributed by atoms with E-state index in [0.29, 0.717) is 11.1 Å². The van der Waals surface area contributed by atoms with Crippen LogP contribution in [0.3, 0.4) is 0 Å². The number of thiophene rings is 1. The summed E-state index contributed by atoms with van der Waals surface area (Å²) >= 11 is 1.43. The Morgan fingerprint density at radius 1 is 1.38 bits per heavy atom. The fourth-order valence-corrected chi connectivity index (χ4v) is 3.82. The van der Waals surface area contributed by atoms with Crippen LogP contribution in [0.1, 0.15) is 18.1 Å². The fraction of sp³-hybridized carbons (Fsp3) is 0.286. The van der Waals surface area contributed by atoms with Gasteiger partial charge in [0.05, 0.1) is 5.75 Å². The number of nitrogens with one attached hydrogen (secondary N) is 1. The number of rotatable bonds is 6. The Labute approximate surface area is 127 Å². The zero-order valence-corrected chi connectivity index (χ0v) is 13.0. The molecule has 0 amide bonds. The summed E-state index contributed by atoms with van der Waals surface area (Å²) in [4.78, 5) is 0. The largest absolute Gasteiger partial charge is 0.384 e. The third-order valence-corrected chi connectivity index (χ3v) is 5.01. The third-order valence-electron chi connectivity index (χ3n) is 3.03. The van der Waals surface area contributed by atoms with E-state index in [2.05, 4.69) is 4.72 Å². The van der Waals surface area contributed by atoms with Gasteiger partial charge in [-0.05, 0) is 47.0 Å². The van der Waals surface area contributed by atoms with Crippen LogP contribution in [0.2, 0.25) is 0 Å². The van der Waals surface area contributed by atoms with E-state index in [1.54, 1.807) is 24.4 Å². The highest BCUT2D eigenvalue weighted by molar-refractivity contribution is 7.88. The number of hydrogen-bond acceptors (Lipinski definition) is 4. The van der Waals surface area contributed by atoms with Gasteiger partial charge in [-0.15, -0.1) is 0 Å². The molecule has 114 valence electrons. The monoisotopic (exact) mass is 329 g/mol. The molecule has 0 spiro atoms. The summed E-state index contributed by atoms with van der Waals surface area (Å²) in [5.41, 5.74) is -0.270. The molecule has 1 aromatic carbocycles. The zero-order valence-electron chi connectivity index (χ0n) is 11.4. The van der Waals surface area contributed by atoms with Crippen molar-refractivity contribution < 1.29 is 17.9 Å². The summed E-state index contributed by atoms with van der Waals surface area (Å²) in [6, 6.07) is 7.17. The van der Waals surface area contributed by atoms with Crippen LogP contribution >= 0.6 is 11.3 Å². The van der Waals surface area contributed by atoms with Crippen molar-refractivity contribution in [2.24, 2.45) is 0 Å². The summed E-state index contributed by atoms with van der Waals surface area (Å²) in [7, 11) is -3.65. The van der Waals surface area contributed by atoms with Gasteiger partial charge >= 0.3 is 0 Å². The Balaban J connectivity index is 2.02. The topological polar surface area (TPSA) is 66.4 Å². The van der Waals surface area contributed by atoms with Crippen molar-refractivity contribution >= 4 is 21.4 Å². The molecule has 2 N–H and O–H groups in total. The molecule has 2 rings (SSSR count). The zero-order chi connectivity index (χ0) is 15.5. The summed E-state index contributed by atoms with van der Waals surface area (Å²) in [5.74, 6) is -0.808. The van der Waals surface area contributed by atoms with Crippen molar-refractivity contribution in [3.63, 3.8) is 0 Å². The van der Waals surface area contributed by atoms with Crippen LogP contribution in [-0.2, 0) is 21.4 Å². The average molecular weight is 329 g/mol. The average Bonchev–Trinajstić information content (AvgIpc) is 2.91. The first kappa shape index (κ1) is 16.1. The SMILES string of the molecule is CC(O)(CNS(=O)(=O)Cc1cccc(F)c1)c1ccsc1. The Hall–Kier alpha value is -1.28. The minimum Gasteiger partial charge on any atom is -0.384 e. The fourth-order valence-electron chi connectivity index (χ4n) is 1.82. The molecule has 21 heavy (non-hydrogen) atoms. The molecule has 0 saturated carbocycles. The number of aliphatic hydroxyl groups is 1. The van der Waals surface area contributed by atoms with Gasteiger partial charge in [0.1, 0.15) is 11.4 Å². The van der Waals surface area contributed by atoms with E-state index < -0.39 is 21.4 Å². The third kappa shape index (κ3) is 4.60. The second-order valence-corrected chi connectivity index (χ2v) is 7.58. The highest BCUT2D eigenvalue weighted by Gasteiger charge is 2.26. The lowest BCUT2D eigenvalue weighted by atomic mass is 10.0. The van der Waals surface area contributed by atoms with Gasteiger partial charge in [0.2, 0.25) is 10.0 Å². The molecule has 1 heterocycles. The molecule has 0 saturated heterocycles. The van der Waals surface area contributed by atoms with E-state index in [1.165, 1.54) is 29.5 Å². The van der Waals surface area contributed by atoms with E-state index in [9.17, 15) is 17.9 Å². The predicted octanol–water partition coefficient (Wildman–Crippen LogP) is 2.21. The van der Waals surface area contributed by atoms with E-state index >= 15 is 0 Å². The van der Waals surface area contributed by atoms with E-state index in [1.807, 2.05) is 5.38 Å². The second kappa shape index (κ2) is 6.23. The van der Waals surface area contributed by atoms with Gasteiger partial charge in [-0.25, -0.2) is 17.5 Å². The van der Waals surface area contributed by atoms with E-state index in [0.717, 1.165) is 0 Å². The van der Waals surface area contributed by atoms with Crippen LogP contribution < -0.4 is 4.72 Å². The highest BCUT2D eigenvalue weighted by atomic mass is 32.2. The second-order valence-electron chi connectivity index (χ2n) is 5.00. The molecule has 2 aromatic rings. The van der Waals surface area contributed by atoms with Crippen LogP contribution in [0, 0.1) is 5.82 Å². The first-order chi connectivity index (χ1) is 9.78. The smallest absolute Gasteiger partial charge is 0.215 e. The van der Waals surface area contributed by atoms with Crippen LogP contribution in [0.4, 0.5) is 4.39 Å². The van der Waals surface area contributed by atoms with Gasteiger partial charge in [0.15, 0.2) is 0 Å². The molecule has 7 heteroatoms. The van der Waals surface area contributed by atoms with Crippen molar-refractivity contribution in [1.29, 1.82) is 0 Å². The van der Waals surface area contributed by atoms with E-state index in [-0.39, 0.29) is 12.3 Å². The maximum atomic E-state index is 13.0. The van der Waals surface area contributed by atoms with Crippen molar-refractivity contribution in [2.45, 2.75) is 18.3 Å². The van der Waals surface area contributed by atoms with Gasteiger partial charge in [-0.3, -0.25) is 0 Å². The molecule has 0 fully saturated rings. The molecular weight excluding hydrogens is 313 g/mol. The lowest BCUT2D eigenvalue weighted by molar-refractivity contribution is 0.0632. The standard InChI is InChI=1S/C14H16FNO3S2/c1-14(17,12-5-6-20-8-12)10-16-21(18,19)9-11-3-2-4-13(15)7-11/h2-8,16-17H,9-10H2,1H3. The van der Waals surface area contributed by atoms with Gasteiger partial charge in [-0.2, -0.15) is 11.3 Å². The van der Waals surface area contributed by atoms with E-state index in [4.69, 9.17) is 0 Å². The molecule has 1 aromatic heterocycles. The van der Waals surface area contributed by atoms with Crippen LogP contribution in [0.5, 0.6) is 0 Å².